The first-order chi connectivity index (χ1) is 12.0. The fraction of sp³-hybridized carbons (Fsp3) is 0.368. The van der Waals surface area contributed by atoms with Crippen LogP contribution in [-0.2, 0) is 0 Å². The Balaban J connectivity index is 1.82. The molecule has 1 atom stereocenters. The number of hydrogen-bond acceptors (Lipinski definition) is 4. The number of ketones is 1. The molecule has 1 aromatic carbocycles. The van der Waals surface area contributed by atoms with E-state index >= 15 is 0 Å². The molecule has 0 aliphatic rings. The minimum Gasteiger partial charge on any atom is -0.339 e. The van der Waals surface area contributed by atoms with Crippen LogP contribution in [0.2, 0.25) is 5.02 Å². The van der Waals surface area contributed by atoms with Crippen LogP contribution in [0.1, 0.15) is 31.1 Å². The summed E-state index contributed by atoms with van der Waals surface area (Å²) in [6.45, 7) is 8.43. The zero-order valence-electron chi connectivity index (χ0n) is 14.7. The smallest absolute Gasteiger partial charge is 0.172 e. The summed E-state index contributed by atoms with van der Waals surface area (Å²) in [6.07, 6.45) is 1.62. The maximum atomic E-state index is 12.6. The van der Waals surface area contributed by atoms with Crippen LogP contribution in [0.15, 0.2) is 30.5 Å². The highest BCUT2D eigenvalue weighted by Crippen LogP contribution is 2.27. The highest BCUT2D eigenvalue weighted by atomic mass is 35.5. The van der Waals surface area contributed by atoms with Crippen LogP contribution in [0.3, 0.4) is 0 Å². The van der Waals surface area contributed by atoms with Gasteiger partial charge in [0.25, 0.3) is 0 Å². The predicted octanol–water partition coefficient (Wildman–Crippen LogP) is 4.97. The Bertz CT molecular complexity index is 904. The number of rotatable bonds is 7. The molecule has 0 fully saturated rings. The second kappa shape index (κ2) is 7.77. The van der Waals surface area contributed by atoms with Gasteiger partial charge in [-0.15, -0.1) is 11.8 Å². The lowest BCUT2D eigenvalue weighted by Gasteiger charge is -2.25. The molecule has 0 saturated carbocycles. The van der Waals surface area contributed by atoms with E-state index in [-0.39, 0.29) is 5.78 Å². The molecule has 6 heteroatoms. The first kappa shape index (κ1) is 18.2. The van der Waals surface area contributed by atoms with E-state index in [0.717, 1.165) is 40.6 Å². The average molecular weight is 376 g/mol. The molecule has 0 aliphatic heterocycles. The maximum absolute atomic E-state index is 12.6. The number of benzene rings is 1. The van der Waals surface area contributed by atoms with Crippen LogP contribution in [0.25, 0.3) is 21.9 Å². The van der Waals surface area contributed by atoms with Crippen molar-refractivity contribution in [2.24, 2.45) is 0 Å². The number of pyridine rings is 1. The molecule has 0 amide bonds. The number of Topliss-reactive ketones (excluding diaryl/α,β-unsaturated/α-hetero) is 1. The van der Waals surface area contributed by atoms with E-state index in [0.29, 0.717) is 16.1 Å². The quantitative estimate of drug-likeness (QED) is 0.467. The standard InChI is InChI=1S/C19H22ClN3OS/c1-4-23(5-2)12(3)25-11-18(24)13-6-7-17-15(8-13)16-9-14(20)10-21-19(16)22-17/h6-10,12H,4-5,11H2,1-3H3,(H,21,22). The average Bonchev–Trinajstić information content (AvgIpc) is 2.97. The van der Waals surface area contributed by atoms with Gasteiger partial charge in [-0.1, -0.05) is 25.4 Å². The van der Waals surface area contributed by atoms with Crippen molar-refractivity contribution >= 4 is 51.1 Å². The van der Waals surface area contributed by atoms with E-state index < -0.39 is 0 Å². The van der Waals surface area contributed by atoms with Crippen molar-refractivity contribution in [1.29, 1.82) is 0 Å². The summed E-state index contributed by atoms with van der Waals surface area (Å²) in [7, 11) is 0. The van der Waals surface area contributed by atoms with Gasteiger partial charge in [0.1, 0.15) is 5.65 Å². The number of nitrogens with zero attached hydrogens (tertiary/aromatic N) is 2. The monoisotopic (exact) mass is 375 g/mol. The number of thioether (sulfide) groups is 1. The summed E-state index contributed by atoms with van der Waals surface area (Å²) in [4.78, 5) is 22.5. The molecule has 0 saturated heterocycles. The van der Waals surface area contributed by atoms with Gasteiger partial charge in [0, 0.05) is 28.0 Å². The summed E-state index contributed by atoms with van der Waals surface area (Å²) in [5.74, 6) is 0.625. The van der Waals surface area contributed by atoms with Gasteiger partial charge in [0.05, 0.1) is 16.1 Å². The molecule has 3 rings (SSSR count). The molecular weight excluding hydrogens is 354 g/mol. The normalized spacial score (nSPS) is 13.0. The van der Waals surface area contributed by atoms with Gasteiger partial charge in [-0.2, -0.15) is 0 Å². The van der Waals surface area contributed by atoms with E-state index in [2.05, 4.69) is 35.6 Å². The molecular formula is C19H22ClN3OS. The Morgan fingerprint density at radius 2 is 2.04 bits per heavy atom. The third kappa shape index (κ3) is 3.84. The van der Waals surface area contributed by atoms with Crippen molar-refractivity contribution in [1.82, 2.24) is 14.9 Å². The van der Waals surface area contributed by atoms with Crippen molar-refractivity contribution in [3.8, 4) is 0 Å². The SMILES string of the molecule is CCN(CC)C(C)SCC(=O)c1ccc2[nH]c3ncc(Cl)cc3c2c1. The zero-order valence-corrected chi connectivity index (χ0v) is 16.2. The number of fused-ring (bicyclic) bond motifs is 3. The Kier molecular flexibility index (Phi) is 5.67. The molecule has 0 spiro atoms. The van der Waals surface area contributed by atoms with Crippen LogP contribution in [0, 0.1) is 0 Å². The van der Waals surface area contributed by atoms with Gasteiger partial charge in [-0.25, -0.2) is 4.98 Å². The fourth-order valence-corrected chi connectivity index (χ4v) is 4.27. The summed E-state index contributed by atoms with van der Waals surface area (Å²) < 4.78 is 0. The predicted molar refractivity (Wildman–Crippen MR) is 108 cm³/mol. The van der Waals surface area contributed by atoms with Gasteiger partial charge in [0.15, 0.2) is 5.78 Å². The first-order valence-electron chi connectivity index (χ1n) is 8.49. The van der Waals surface area contributed by atoms with E-state index in [1.807, 2.05) is 24.3 Å². The number of aromatic nitrogens is 2. The second-order valence-electron chi connectivity index (χ2n) is 5.99. The molecule has 3 aromatic rings. The summed E-state index contributed by atoms with van der Waals surface area (Å²) in [5, 5.41) is 2.85. The molecule has 132 valence electrons. The molecule has 1 unspecified atom stereocenters. The molecule has 1 N–H and O–H groups in total. The molecule has 2 aromatic heterocycles. The van der Waals surface area contributed by atoms with Gasteiger partial charge < -0.3 is 4.98 Å². The second-order valence-corrected chi connectivity index (χ2v) is 7.73. The first-order valence-corrected chi connectivity index (χ1v) is 9.92. The van der Waals surface area contributed by atoms with Crippen LogP contribution in [-0.4, -0.2) is 44.9 Å². The lowest BCUT2D eigenvalue weighted by Crippen LogP contribution is -2.31. The van der Waals surface area contributed by atoms with E-state index in [1.54, 1.807) is 18.0 Å². The van der Waals surface area contributed by atoms with Gasteiger partial charge >= 0.3 is 0 Å². The number of aromatic amines is 1. The fourth-order valence-electron chi connectivity index (χ4n) is 3.04. The molecule has 0 aliphatic carbocycles. The Morgan fingerprint density at radius 1 is 1.28 bits per heavy atom. The molecule has 0 bridgehead atoms. The lowest BCUT2D eigenvalue weighted by molar-refractivity contribution is 0.102. The van der Waals surface area contributed by atoms with Crippen molar-refractivity contribution in [2.45, 2.75) is 26.1 Å². The van der Waals surface area contributed by atoms with E-state index in [9.17, 15) is 4.79 Å². The Morgan fingerprint density at radius 3 is 2.76 bits per heavy atom. The molecule has 0 radical (unpaired) electrons. The van der Waals surface area contributed by atoms with Crippen molar-refractivity contribution in [3.05, 3.63) is 41.0 Å². The molecule has 4 nitrogen and oxygen atoms in total. The van der Waals surface area contributed by atoms with Crippen LogP contribution < -0.4 is 0 Å². The number of carbonyl (C=O) groups is 1. The Labute approximate surface area is 156 Å². The number of nitrogens with one attached hydrogen (secondary N) is 1. The number of hydrogen-bond donors (Lipinski definition) is 1. The zero-order chi connectivity index (χ0) is 18.0. The van der Waals surface area contributed by atoms with Gasteiger partial charge in [0.2, 0.25) is 0 Å². The summed E-state index contributed by atoms with van der Waals surface area (Å²) >= 11 is 7.75. The van der Waals surface area contributed by atoms with Crippen molar-refractivity contribution in [2.75, 3.05) is 18.8 Å². The minimum absolute atomic E-state index is 0.148. The third-order valence-corrected chi connectivity index (χ3v) is 5.94. The number of halogens is 1. The highest BCUT2D eigenvalue weighted by Gasteiger charge is 2.15. The number of H-pyrrole nitrogens is 1. The lowest BCUT2D eigenvalue weighted by atomic mass is 10.1. The van der Waals surface area contributed by atoms with Crippen LogP contribution in [0.4, 0.5) is 0 Å². The highest BCUT2D eigenvalue weighted by molar-refractivity contribution is 8.00. The molecule has 25 heavy (non-hydrogen) atoms. The maximum Gasteiger partial charge on any atom is 0.172 e. The van der Waals surface area contributed by atoms with E-state index in [1.165, 1.54) is 0 Å². The van der Waals surface area contributed by atoms with E-state index in [4.69, 9.17) is 11.6 Å². The van der Waals surface area contributed by atoms with Crippen molar-refractivity contribution < 1.29 is 4.79 Å². The Hall–Kier alpha value is -1.56. The van der Waals surface area contributed by atoms with Crippen LogP contribution >= 0.6 is 23.4 Å². The largest absolute Gasteiger partial charge is 0.339 e. The van der Waals surface area contributed by atoms with Crippen LogP contribution in [0.5, 0.6) is 0 Å². The summed E-state index contributed by atoms with van der Waals surface area (Å²) in [6, 6.07) is 7.65. The minimum atomic E-state index is 0.148. The van der Waals surface area contributed by atoms with Gasteiger partial charge in [-0.05, 0) is 44.3 Å². The molecule has 2 heterocycles. The van der Waals surface area contributed by atoms with Crippen molar-refractivity contribution in [3.63, 3.8) is 0 Å². The topological polar surface area (TPSA) is 49.0 Å². The summed E-state index contributed by atoms with van der Waals surface area (Å²) in [5.41, 5.74) is 2.48. The van der Waals surface area contributed by atoms with Gasteiger partial charge in [-0.3, -0.25) is 9.69 Å². The third-order valence-electron chi connectivity index (χ3n) is 4.52. The number of carbonyl (C=O) groups excluding carboxylic acids is 1.